The van der Waals surface area contributed by atoms with Crippen LogP contribution in [0.1, 0.15) is 18.3 Å². The number of hydrogen-bond donors (Lipinski definition) is 1. The smallest absolute Gasteiger partial charge is 0.114 e. The third kappa shape index (κ3) is 3.00. The number of aliphatic hydroxyl groups excluding tert-OH is 1. The first-order valence-corrected chi connectivity index (χ1v) is 8.92. The minimum absolute atomic E-state index is 0.171. The summed E-state index contributed by atoms with van der Waals surface area (Å²) in [5, 5.41) is 9.10. The summed E-state index contributed by atoms with van der Waals surface area (Å²) in [4.78, 5) is 9.06. The van der Waals surface area contributed by atoms with Gasteiger partial charge < -0.3 is 5.11 Å². The van der Waals surface area contributed by atoms with Crippen molar-refractivity contribution in [2.45, 2.75) is 19.8 Å². The topological polar surface area (TPSA) is 50.9 Å². The fourth-order valence-electron chi connectivity index (χ4n) is 3.31. The van der Waals surface area contributed by atoms with E-state index in [1.54, 1.807) is 6.20 Å². The number of fused-ring (bicyclic) bond motifs is 1. The van der Waals surface area contributed by atoms with Crippen LogP contribution >= 0.6 is 0 Å². The van der Waals surface area contributed by atoms with Gasteiger partial charge in [-0.3, -0.25) is 9.55 Å². The van der Waals surface area contributed by atoms with Crippen LogP contribution in [0.4, 0.5) is 0 Å². The molecule has 1 N–H and O–H groups in total. The van der Waals surface area contributed by atoms with Crippen molar-refractivity contribution in [2.24, 2.45) is 0 Å². The van der Waals surface area contributed by atoms with Crippen molar-refractivity contribution in [3.63, 3.8) is 0 Å². The molecule has 4 aromatic rings. The van der Waals surface area contributed by atoms with Gasteiger partial charge in [-0.1, -0.05) is 31.2 Å². The molecule has 0 saturated carbocycles. The molecule has 0 amide bonds. The van der Waals surface area contributed by atoms with Crippen molar-refractivity contribution in [1.29, 1.82) is 0 Å². The van der Waals surface area contributed by atoms with Crippen LogP contribution in [-0.4, -0.2) is 26.2 Å². The van der Waals surface area contributed by atoms with E-state index >= 15 is 0 Å². The van der Waals surface area contributed by atoms with Crippen LogP contribution in [0, 0.1) is 0 Å². The van der Waals surface area contributed by atoms with Crippen molar-refractivity contribution in [3.8, 4) is 16.8 Å². The van der Waals surface area contributed by atoms with Crippen LogP contribution in [0.15, 0.2) is 67.0 Å². The lowest BCUT2D eigenvalue weighted by atomic mass is 10.1. The lowest BCUT2D eigenvalue weighted by molar-refractivity contribution is 0.299. The number of aryl methyl sites for hydroxylation is 1. The van der Waals surface area contributed by atoms with E-state index in [0.29, 0.717) is 6.42 Å². The molecule has 2 aromatic heterocycles. The molecule has 0 aliphatic rings. The molecule has 26 heavy (non-hydrogen) atoms. The molecule has 0 bridgehead atoms. The Kier molecular flexibility index (Phi) is 4.50. The summed E-state index contributed by atoms with van der Waals surface area (Å²) >= 11 is 0. The molecule has 0 spiro atoms. The molecule has 4 rings (SSSR count). The number of pyridine rings is 1. The maximum atomic E-state index is 9.10. The number of benzene rings is 2. The molecule has 0 unspecified atom stereocenters. The van der Waals surface area contributed by atoms with E-state index in [-0.39, 0.29) is 6.61 Å². The lowest BCUT2D eigenvalue weighted by Crippen LogP contribution is -2.00. The van der Waals surface area contributed by atoms with Gasteiger partial charge in [0.25, 0.3) is 0 Å². The number of hydrogen-bond acceptors (Lipinski definition) is 3. The van der Waals surface area contributed by atoms with Crippen LogP contribution in [0.2, 0.25) is 0 Å². The summed E-state index contributed by atoms with van der Waals surface area (Å²) in [7, 11) is 0. The molecule has 2 heterocycles. The predicted molar refractivity (Wildman–Crippen MR) is 104 cm³/mol. The van der Waals surface area contributed by atoms with Crippen LogP contribution in [0.5, 0.6) is 0 Å². The Bertz CT molecular complexity index is 1020. The Hall–Kier alpha value is -2.98. The highest BCUT2D eigenvalue weighted by atomic mass is 16.2. The molecule has 130 valence electrons. The number of aromatic nitrogens is 3. The van der Waals surface area contributed by atoms with Gasteiger partial charge in [-0.15, -0.1) is 0 Å². The monoisotopic (exact) mass is 343 g/mol. The van der Waals surface area contributed by atoms with E-state index in [0.717, 1.165) is 45.7 Å². The zero-order valence-corrected chi connectivity index (χ0v) is 14.8. The van der Waals surface area contributed by atoms with Crippen molar-refractivity contribution in [2.75, 3.05) is 6.61 Å². The minimum atomic E-state index is 0.171. The number of nitrogens with zero attached hydrogens (tertiary/aromatic N) is 3. The van der Waals surface area contributed by atoms with E-state index in [2.05, 4.69) is 65.0 Å². The fourth-order valence-corrected chi connectivity index (χ4v) is 3.31. The molecule has 4 nitrogen and oxygen atoms in total. The second-order valence-electron chi connectivity index (χ2n) is 6.30. The van der Waals surface area contributed by atoms with E-state index < -0.39 is 0 Å². The third-order valence-corrected chi connectivity index (χ3v) is 4.63. The highest BCUT2D eigenvalue weighted by Crippen LogP contribution is 2.27. The van der Waals surface area contributed by atoms with Crippen molar-refractivity contribution >= 4 is 11.0 Å². The summed E-state index contributed by atoms with van der Waals surface area (Å²) in [6.07, 6.45) is 5.19. The average Bonchev–Trinajstić information content (AvgIpc) is 3.07. The Morgan fingerprint density at radius 3 is 2.54 bits per heavy atom. The highest BCUT2D eigenvalue weighted by molar-refractivity contribution is 5.84. The molecule has 0 radical (unpaired) electrons. The standard InChI is InChI=1S/C22H21N3O/c1-2-22-24-20-14-17(18-4-3-12-23-15-18)7-10-21(20)25(22)19-8-5-16(6-9-19)11-13-26/h3-10,12,14-15,26H,2,11,13H2,1H3. The first kappa shape index (κ1) is 16.5. The Morgan fingerprint density at radius 1 is 1.00 bits per heavy atom. The van der Waals surface area contributed by atoms with Crippen molar-refractivity contribution < 1.29 is 5.11 Å². The maximum Gasteiger partial charge on any atom is 0.114 e. The molecule has 2 aromatic carbocycles. The van der Waals surface area contributed by atoms with Gasteiger partial charge in [-0.25, -0.2) is 4.98 Å². The van der Waals surface area contributed by atoms with Gasteiger partial charge in [-0.05, 0) is 47.9 Å². The summed E-state index contributed by atoms with van der Waals surface area (Å²) in [6, 6.07) is 18.7. The second-order valence-corrected chi connectivity index (χ2v) is 6.30. The summed E-state index contributed by atoms with van der Waals surface area (Å²) in [6.45, 7) is 2.30. The number of rotatable bonds is 5. The molecule has 0 atom stereocenters. The zero-order chi connectivity index (χ0) is 17.9. The quantitative estimate of drug-likeness (QED) is 0.591. The fraction of sp³-hybridized carbons (Fsp3) is 0.182. The highest BCUT2D eigenvalue weighted by Gasteiger charge is 2.12. The van der Waals surface area contributed by atoms with Gasteiger partial charge in [0.05, 0.1) is 11.0 Å². The lowest BCUT2D eigenvalue weighted by Gasteiger charge is -2.09. The Labute approximate surface area is 152 Å². The van der Waals surface area contributed by atoms with Crippen LogP contribution < -0.4 is 0 Å². The van der Waals surface area contributed by atoms with E-state index in [9.17, 15) is 0 Å². The summed E-state index contributed by atoms with van der Waals surface area (Å²) in [5.41, 5.74) is 6.54. The van der Waals surface area contributed by atoms with Gasteiger partial charge in [0.15, 0.2) is 0 Å². The molecule has 4 heteroatoms. The normalized spacial score (nSPS) is 11.2. The molecule has 0 saturated heterocycles. The average molecular weight is 343 g/mol. The van der Waals surface area contributed by atoms with Crippen molar-refractivity contribution in [1.82, 2.24) is 14.5 Å². The second kappa shape index (κ2) is 7.10. The maximum absolute atomic E-state index is 9.10. The van der Waals surface area contributed by atoms with Gasteiger partial charge in [0.2, 0.25) is 0 Å². The van der Waals surface area contributed by atoms with Crippen LogP contribution in [-0.2, 0) is 12.8 Å². The van der Waals surface area contributed by atoms with E-state index in [4.69, 9.17) is 10.1 Å². The van der Waals surface area contributed by atoms with Crippen molar-refractivity contribution in [3.05, 3.63) is 78.4 Å². The number of imidazole rings is 1. The minimum Gasteiger partial charge on any atom is -0.396 e. The molecular weight excluding hydrogens is 322 g/mol. The molecule has 0 aliphatic carbocycles. The van der Waals surface area contributed by atoms with Gasteiger partial charge in [0.1, 0.15) is 5.82 Å². The van der Waals surface area contributed by atoms with Crippen LogP contribution in [0.25, 0.3) is 27.8 Å². The van der Waals surface area contributed by atoms with Gasteiger partial charge >= 0.3 is 0 Å². The largest absolute Gasteiger partial charge is 0.396 e. The predicted octanol–water partition coefficient (Wildman–Crippen LogP) is 4.18. The first-order chi connectivity index (χ1) is 12.8. The summed E-state index contributed by atoms with van der Waals surface area (Å²) < 4.78 is 2.21. The Morgan fingerprint density at radius 2 is 1.85 bits per heavy atom. The Balaban J connectivity index is 1.81. The molecule has 0 fully saturated rings. The SMILES string of the molecule is CCc1nc2cc(-c3cccnc3)ccc2n1-c1ccc(CCO)cc1. The van der Waals surface area contributed by atoms with Crippen LogP contribution in [0.3, 0.4) is 0 Å². The zero-order valence-electron chi connectivity index (χ0n) is 14.8. The number of aliphatic hydroxyl groups is 1. The first-order valence-electron chi connectivity index (χ1n) is 8.92. The van der Waals surface area contributed by atoms with E-state index in [1.165, 1.54) is 0 Å². The van der Waals surface area contributed by atoms with Gasteiger partial charge in [-0.2, -0.15) is 0 Å². The summed E-state index contributed by atoms with van der Waals surface area (Å²) in [5.74, 6) is 1.04. The molecular formula is C22H21N3O. The van der Waals surface area contributed by atoms with E-state index in [1.807, 2.05) is 12.3 Å². The molecule has 0 aliphatic heterocycles. The van der Waals surface area contributed by atoms with Gasteiger partial charge in [0, 0.05) is 36.7 Å². The third-order valence-electron chi connectivity index (χ3n) is 4.63.